The Kier molecular flexibility index (Phi) is 3.58. The monoisotopic (exact) mass is 276 g/mol. The van der Waals surface area contributed by atoms with Crippen molar-refractivity contribution in [2.24, 2.45) is 5.73 Å². The van der Waals surface area contributed by atoms with Gasteiger partial charge in [-0.3, -0.25) is 9.69 Å². The molecule has 1 aromatic rings. The standard InChI is InChI=1S/C14H20N4O2/c15-13(20)10-4-3-5-16-14(10)18-8-11(12(19)9-18)17-6-1-2-7-17/h3-5,11-12,19H,1-2,6-9H2,(H2,15,20)/t11-,12-/m0/s1. The first-order valence-corrected chi connectivity index (χ1v) is 7.08. The second-order valence-electron chi connectivity index (χ2n) is 5.52. The summed E-state index contributed by atoms with van der Waals surface area (Å²) in [5.74, 6) is 0.105. The highest BCUT2D eigenvalue weighted by Gasteiger charge is 2.37. The third-order valence-corrected chi connectivity index (χ3v) is 4.22. The van der Waals surface area contributed by atoms with Crippen molar-refractivity contribution in [1.82, 2.24) is 9.88 Å². The Hall–Kier alpha value is -1.66. The third-order valence-electron chi connectivity index (χ3n) is 4.22. The number of amides is 1. The lowest BCUT2D eigenvalue weighted by Gasteiger charge is -2.25. The smallest absolute Gasteiger partial charge is 0.252 e. The quantitative estimate of drug-likeness (QED) is 0.800. The van der Waals surface area contributed by atoms with E-state index in [9.17, 15) is 9.90 Å². The lowest BCUT2D eigenvalue weighted by atomic mass is 10.2. The van der Waals surface area contributed by atoms with Gasteiger partial charge in [0.1, 0.15) is 5.82 Å². The predicted octanol–water partition coefficient (Wildman–Crippen LogP) is -0.174. The van der Waals surface area contributed by atoms with Crippen molar-refractivity contribution >= 4 is 11.7 Å². The molecule has 2 fully saturated rings. The van der Waals surface area contributed by atoms with Gasteiger partial charge in [-0.15, -0.1) is 0 Å². The highest BCUT2D eigenvalue weighted by atomic mass is 16.3. The van der Waals surface area contributed by atoms with Crippen LogP contribution < -0.4 is 10.6 Å². The molecule has 2 aliphatic heterocycles. The molecular weight excluding hydrogens is 256 g/mol. The van der Waals surface area contributed by atoms with Crippen LogP contribution in [-0.2, 0) is 0 Å². The first-order valence-electron chi connectivity index (χ1n) is 7.08. The number of hydrogen-bond acceptors (Lipinski definition) is 5. The molecule has 0 radical (unpaired) electrons. The van der Waals surface area contributed by atoms with E-state index in [1.807, 2.05) is 4.90 Å². The Morgan fingerprint density at radius 2 is 2.10 bits per heavy atom. The summed E-state index contributed by atoms with van der Waals surface area (Å²) in [5, 5.41) is 10.3. The maximum absolute atomic E-state index is 11.5. The van der Waals surface area contributed by atoms with E-state index in [1.54, 1.807) is 18.3 Å². The molecule has 2 atom stereocenters. The van der Waals surface area contributed by atoms with E-state index in [4.69, 9.17) is 5.73 Å². The fourth-order valence-electron chi connectivity index (χ4n) is 3.22. The molecule has 2 aliphatic rings. The molecule has 3 heterocycles. The minimum absolute atomic E-state index is 0.125. The highest BCUT2D eigenvalue weighted by Crippen LogP contribution is 2.26. The van der Waals surface area contributed by atoms with Gasteiger partial charge in [-0.1, -0.05) is 0 Å². The summed E-state index contributed by atoms with van der Waals surface area (Å²) in [6.45, 7) is 3.28. The van der Waals surface area contributed by atoms with E-state index in [0.717, 1.165) is 13.1 Å². The predicted molar refractivity (Wildman–Crippen MR) is 75.6 cm³/mol. The molecule has 2 saturated heterocycles. The van der Waals surface area contributed by atoms with Crippen molar-refractivity contribution in [2.45, 2.75) is 25.0 Å². The molecule has 6 heteroatoms. The van der Waals surface area contributed by atoms with Gasteiger partial charge in [0.25, 0.3) is 5.91 Å². The Balaban J connectivity index is 1.81. The van der Waals surface area contributed by atoms with Crippen LogP contribution in [0.25, 0.3) is 0 Å². The summed E-state index contributed by atoms with van der Waals surface area (Å²) in [6, 6.07) is 3.51. The number of carbonyl (C=O) groups excluding carboxylic acids is 1. The molecule has 0 unspecified atom stereocenters. The van der Waals surface area contributed by atoms with Crippen LogP contribution in [0.1, 0.15) is 23.2 Å². The second kappa shape index (κ2) is 5.38. The molecule has 0 spiro atoms. The van der Waals surface area contributed by atoms with Gasteiger partial charge >= 0.3 is 0 Å². The van der Waals surface area contributed by atoms with E-state index in [0.29, 0.717) is 24.5 Å². The highest BCUT2D eigenvalue weighted by molar-refractivity contribution is 5.97. The molecule has 20 heavy (non-hydrogen) atoms. The minimum atomic E-state index is -0.479. The average Bonchev–Trinajstić information content (AvgIpc) is 3.07. The topological polar surface area (TPSA) is 82.7 Å². The number of aliphatic hydroxyl groups is 1. The van der Waals surface area contributed by atoms with Crippen molar-refractivity contribution in [1.29, 1.82) is 0 Å². The maximum atomic E-state index is 11.5. The molecule has 108 valence electrons. The number of rotatable bonds is 3. The van der Waals surface area contributed by atoms with E-state index < -0.39 is 12.0 Å². The molecule has 0 saturated carbocycles. The summed E-state index contributed by atoms with van der Waals surface area (Å²) in [6.07, 6.45) is 3.63. The summed E-state index contributed by atoms with van der Waals surface area (Å²) < 4.78 is 0. The van der Waals surface area contributed by atoms with Gasteiger partial charge in [-0.2, -0.15) is 0 Å². The lowest BCUT2D eigenvalue weighted by Crippen LogP contribution is -2.41. The summed E-state index contributed by atoms with van der Waals surface area (Å²) >= 11 is 0. The SMILES string of the molecule is NC(=O)c1cccnc1N1C[C@H](O)[C@@H](N2CCCC2)C1. The van der Waals surface area contributed by atoms with Crippen molar-refractivity contribution in [2.75, 3.05) is 31.1 Å². The van der Waals surface area contributed by atoms with E-state index in [1.165, 1.54) is 12.8 Å². The molecule has 1 aromatic heterocycles. The second-order valence-corrected chi connectivity index (χ2v) is 5.52. The number of primary amides is 1. The van der Waals surface area contributed by atoms with Gasteiger partial charge in [0.15, 0.2) is 0 Å². The number of β-amino-alcohol motifs (C(OH)–C–C–N with tert-alkyl or cyclic N) is 1. The number of likely N-dealkylation sites (tertiary alicyclic amines) is 1. The molecule has 3 N–H and O–H groups in total. The van der Waals surface area contributed by atoms with Gasteiger partial charge in [0, 0.05) is 19.3 Å². The van der Waals surface area contributed by atoms with Crippen LogP contribution in [0.4, 0.5) is 5.82 Å². The molecular formula is C14H20N4O2. The summed E-state index contributed by atoms with van der Waals surface area (Å²) in [4.78, 5) is 20.1. The zero-order chi connectivity index (χ0) is 14.1. The van der Waals surface area contributed by atoms with Crippen molar-refractivity contribution in [3.05, 3.63) is 23.9 Å². The fourth-order valence-corrected chi connectivity index (χ4v) is 3.22. The number of aliphatic hydroxyl groups excluding tert-OH is 1. The number of nitrogens with zero attached hydrogens (tertiary/aromatic N) is 3. The van der Waals surface area contributed by atoms with Crippen LogP contribution in [-0.4, -0.2) is 59.2 Å². The number of pyridine rings is 1. The van der Waals surface area contributed by atoms with Crippen LogP contribution in [0.2, 0.25) is 0 Å². The summed E-state index contributed by atoms with van der Waals surface area (Å²) in [5.41, 5.74) is 5.81. The van der Waals surface area contributed by atoms with E-state index in [2.05, 4.69) is 9.88 Å². The van der Waals surface area contributed by atoms with Gasteiger partial charge in [0.05, 0.1) is 17.7 Å². The minimum Gasteiger partial charge on any atom is -0.390 e. The third kappa shape index (κ3) is 2.36. The van der Waals surface area contributed by atoms with Crippen LogP contribution in [0.5, 0.6) is 0 Å². The molecule has 0 aliphatic carbocycles. The van der Waals surface area contributed by atoms with E-state index >= 15 is 0 Å². The van der Waals surface area contributed by atoms with Crippen molar-refractivity contribution in [3.8, 4) is 0 Å². The van der Waals surface area contributed by atoms with Gasteiger partial charge in [-0.05, 0) is 38.1 Å². The molecule has 6 nitrogen and oxygen atoms in total. The van der Waals surface area contributed by atoms with Crippen LogP contribution >= 0.6 is 0 Å². The Morgan fingerprint density at radius 3 is 2.80 bits per heavy atom. The van der Waals surface area contributed by atoms with Crippen LogP contribution in [0, 0.1) is 0 Å². The van der Waals surface area contributed by atoms with Crippen molar-refractivity contribution < 1.29 is 9.90 Å². The fraction of sp³-hybridized carbons (Fsp3) is 0.571. The average molecular weight is 276 g/mol. The number of nitrogens with two attached hydrogens (primary N) is 1. The normalized spacial score (nSPS) is 27.1. The van der Waals surface area contributed by atoms with Crippen LogP contribution in [0.3, 0.4) is 0 Å². The first kappa shape index (κ1) is 13.3. The van der Waals surface area contributed by atoms with Gasteiger partial charge in [-0.25, -0.2) is 4.98 Å². The largest absolute Gasteiger partial charge is 0.390 e. The maximum Gasteiger partial charge on any atom is 0.252 e. The van der Waals surface area contributed by atoms with Crippen molar-refractivity contribution in [3.63, 3.8) is 0 Å². The number of hydrogen-bond donors (Lipinski definition) is 2. The molecule has 1 amide bonds. The number of anilines is 1. The number of aromatic nitrogens is 1. The van der Waals surface area contributed by atoms with Gasteiger partial charge in [0.2, 0.25) is 0 Å². The lowest BCUT2D eigenvalue weighted by molar-refractivity contribution is 0.0984. The molecule has 3 rings (SSSR count). The van der Waals surface area contributed by atoms with Crippen LogP contribution in [0.15, 0.2) is 18.3 Å². The zero-order valence-corrected chi connectivity index (χ0v) is 11.4. The Morgan fingerprint density at radius 1 is 1.35 bits per heavy atom. The summed E-state index contributed by atoms with van der Waals surface area (Å²) in [7, 11) is 0. The molecule has 0 bridgehead atoms. The number of carbonyl (C=O) groups is 1. The van der Waals surface area contributed by atoms with Gasteiger partial charge < -0.3 is 15.7 Å². The molecule has 0 aromatic carbocycles. The Bertz CT molecular complexity index is 502. The zero-order valence-electron chi connectivity index (χ0n) is 11.4. The first-order chi connectivity index (χ1) is 9.66. The van der Waals surface area contributed by atoms with E-state index in [-0.39, 0.29) is 6.04 Å². The Labute approximate surface area is 118 Å².